The number of nitrogens with zero attached hydrogens (tertiary/aromatic N) is 1. The number of amides is 1. The largest absolute Gasteiger partial charge is 0.467 e. The maximum absolute atomic E-state index is 12.6. The van der Waals surface area contributed by atoms with Gasteiger partial charge in [0.15, 0.2) is 0 Å². The van der Waals surface area contributed by atoms with Gasteiger partial charge in [-0.05, 0) is 25.5 Å². The molecular weight excluding hydrogens is 389 g/mol. The maximum atomic E-state index is 12.6. The van der Waals surface area contributed by atoms with E-state index < -0.39 is 11.5 Å². The Labute approximate surface area is 170 Å². The Balaban J connectivity index is 2.14. The number of halogens is 2. The Bertz CT molecular complexity index is 735. The van der Waals surface area contributed by atoms with Gasteiger partial charge in [-0.1, -0.05) is 55.8 Å². The number of benzene rings is 1. The van der Waals surface area contributed by atoms with Crippen molar-refractivity contribution >= 4 is 35.1 Å². The van der Waals surface area contributed by atoms with Gasteiger partial charge in [0.2, 0.25) is 0 Å². The van der Waals surface area contributed by atoms with Crippen molar-refractivity contribution in [3.05, 3.63) is 40.1 Å². The molecule has 2 rings (SSSR count). The van der Waals surface area contributed by atoms with Crippen LogP contribution in [-0.4, -0.2) is 36.0 Å². The molecule has 1 aromatic carbocycles. The second-order valence-electron chi connectivity index (χ2n) is 6.79. The second-order valence-corrected chi connectivity index (χ2v) is 7.63. The minimum absolute atomic E-state index is 0.168. The summed E-state index contributed by atoms with van der Waals surface area (Å²) < 4.78 is 10.8. The van der Waals surface area contributed by atoms with E-state index >= 15 is 0 Å². The van der Waals surface area contributed by atoms with Crippen molar-refractivity contribution in [2.75, 3.05) is 13.7 Å². The average Bonchev–Trinajstić information content (AvgIpc) is 3.01. The van der Waals surface area contributed by atoms with Gasteiger partial charge in [0, 0.05) is 17.2 Å². The molecule has 0 spiro atoms. The summed E-state index contributed by atoms with van der Waals surface area (Å²) in [6, 6.07) is 4.87. The van der Waals surface area contributed by atoms with Gasteiger partial charge in [0.25, 0.3) is 5.91 Å². The molecule has 0 bridgehead atoms. The molecule has 1 aliphatic heterocycles. The summed E-state index contributed by atoms with van der Waals surface area (Å²) in [5.41, 5.74) is -1.04. The monoisotopic (exact) mass is 413 g/mol. The first kappa shape index (κ1) is 21.6. The molecule has 27 heavy (non-hydrogen) atoms. The van der Waals surface area contributed by atoms with Crippen LogP contribution in [0.25, 0.3) is 0 Å². The molecule has 0 saturated heterocycles. The maximum Gasteiger partial charge on any atom is 0.331 e. The molecule has 1 amide bonds. The highest BCUT2D eigenvalue weighted by Crippen LogP contribution is 2.33. The predicted molar refractivity (Wildman–Crippen MR) is 106 cm³/mol. The van der Waals surface area contributed by atoms with Crippen LogP contribution in [0.15, 0.2) is 30.0 Å². The standard InChI is InChI=1S/C20H25Cl2NO4/c1-4-5-6-7-10-20(2,19(25)26-3)23-13-15(12-18(23)24)27-17-11-14(21)8-9-16(17)22/h8-9,11-12H,4-7,10,13H2,1-3H3. The van der Waals surface area contributed by atoms with Crippen molar-refractivity contribution in [2.45, 2.75) is 51.5 Å². The highest BCUT2D eigenvalue weighted by atomic mass is 35.5. The van der Waals surface area contributed by atoms with E-state index in [0.29, 0.717) is 28.0 Å². The van der Waals surface area contributed by atoms with E-state index in [2.05, 4.69) is 6.92 Å². The third-order valence-corrected chi connectivity index (χ3v) is 5.28. The number of carbonyl (C=O) groups excluding carboxylic acids is 2. The Kier molecular flexibility index (Phi) is 7.57. The van der Waals surface area contributed by atoms with Gasteiger partial charge in [-0.15, -0.1) is 0 Å². The van der Waals surface area contributed by atoms with Gasteiger partial charge < -0.3 is 14.4 Å². The Morgan fingerprint density at radius 3 is 2.67 bits per heavy atom. The van der Waals surface area contributed by atoms with E-state index in [0.717, 1.165) is 25.7 Å². The molecule has 1 aromatic rings. The molecule has 1 aliphatic rings. The van der Waals surface area contributed by atoms with Crippen LogP contribution in [-0.2, 0) is 14.3 Å². The number of rotatable bonds is 9. The molecule has 7 heteroatoms. The summed E-state index contributed by atoms with van der Waals surface area (Å²) in [7, 11) is 1.34. The van der Waals surface area contributed by atoms with E-state index in [1.165, 1.54) is 18.1 Å². The number of hydrogen-bond acceptors (Lipinski definition) is 4. The van der Waals surface area contributed by atoms with E-state index in [4.69, 9.17) is 32.7 Å². The Morgan fingerprint density at radius 1 is 1.26 bits per heavy atom. The Hall–Kier alpha value is -1.72. The summed E-state index contributed by atoms with van der Waals surface area (Å²) in [5.74, 6) is 0.0648. The Morgan fingerprint density at radius 2 is 2.00 bits per heavy atom. The summed E-state index contributed by atoms with van der Waals surface area (Å²) in [6.07, 6.45) is 5.93. The molecule has 0 fully saturated rings. The van der Waals surface area contributed by atoms with Crippen LogP contribution >= 0.6 is 23.2 Å². The number of ether oxygens (including phenoxy) is 2. The molecule has 0 saturated carbocycles. The SMILES string of the molecule is CCCCCCC(C)(C(=O)OC)N1CC(Oc2cc(Cl)ccc2Cl)=CC1=O. The highest BCUT2D eigenvalue weighted by molar-refractivity contribution is 6.34. The van der Waals surface area contributed by atoms with Crippen molar-refractivity contribution in [2.24, 2.45) is 0 Å². The van der Waals surface area contributed by atoms with E-state index in [-0.39, 0.29) is 12.5 Å². The van der Waals surface area contributed by atoms with Crippen molar-refractivity contribution in [1.29, 1.82) is 0 Å². The number of unbranched alkanes of at least 4 members (excludes halogenated alkanes) is 3. The van der Waals surface area contributed by atoms with Crippen molar-refractivity contribution < 1.29 is 19.1 Å². The van der Waals surface area contributed by atoms with Gasteiger partial charge >= 0.3 is 5.97 Å². The van der Waals surface area contributed by atoms with E-state index in [1.54, 1.807) is 25.1 Å². The molecule has 0 aromatic heterocycles. The number of esters is 1. The molecular formula is C20H25Cl2NO4. The average molecular weight is 414 g/mol. The van der Waals surface area contributed by atoms with Gasteiger partial charge in [-0.2, -0.15) is 0 Å². The molecule has 5 nitrogen and oxygen atoms in total. The predicted octanol–water partition coefficient (Wildman–Crippen LogP) is 5.00. The lowest BCUT2D eigenvalue weighted by Gasteiger charge is -2.36. The van der Waals surface area contributed by atoms with Gasteiger partial charge in [-0.3, -0.25) is 4.79 Å². The summed E-state index contributed by atoms with van der Waals surface area (Å²) >= 11 is 12.1. The molecule has 0 radical (unpaired) electrons. The zero-order chi connectivity index (χ0) is 20.0. The third kappa shape index (κ3) is 5.17. The van der Waals surface area contributed by atoms with Crippen molar-refractivity contribution in [3.8, 4) is 5.75 Å². The second kappa shape index (κ2) is 9.47. The smallest absolute Gasteiger partial charge is 0.331 e. The van der Waals surface area contributed by atoms with Gasteiger partial charge in [0.05, 0.1) is 18.7 Å². The summed E-state index contributed by atoms with van der Waals surface area (Å²) in [4.78, 5) is 26.6. The number of carbonyl (C=O) groups is 2. The topological polar surface area (TPSA) is 55.8 Å². The fraction of sp³-hybridized carbons (Fsp3) is 0.500. The quantitative estimate of drug-likeness (QED) is 0.422. The summed E-state index contributed by atoms with van der Waals surface area (Å²) in [5, 5.41) is 0.869. The van der Waals surface area contributed by atoms with Gasteiger partial charge in [0.1, 0.15) is 17.0 Å². The van der Waals surface area contributed by atoms with Crippen molar-refractivity contribution in [1.82, 2.24) is 4.90 Å². The molecule has 0 aliphatic carbocycles. The first-order chi connectivity index (χ1) is 12.8. The van der Waals surface area contributed by atoms with E-state index in [1.807, 2.05) is 0 Å². The lowest BCUT2D eigenvalue weighted by atomic mass is 9.92. The van der Waals surface area contributed by atoms with Gasteiger partial charge in [-0.25, -0.2) is 4.79 Å². The lowest BCUT2D eigenvalue weighted by Crippen LogP contribution is -2.54. The molecule has 148 valence electrons. The van der Waals surface area contributed by atoms with Crippen molar-refractivity contribution in [3.63, 3.8) is 0 Å². The fourth-order valence-electron chi connectivity index (χ4n) is 3.13. The third-order valence-electron chi connectivity index (χ3n) is 4.74. The minimum Gasteiger partial charge on any atom is -0.467 e. The first-order valence-electron chi connectivity index (χ1n) is 9.05. The van der Waals surface area contributed by atoms with Crippen LogP contribution in [0.3, 0.4) is 0 Å². The molecule has 0 N–H and O–H groups in total. The molecule has 1 heterocycles. The normalized spacial score (nSPS) is 16.1. The van der Waals surface area contributed by atoms with Crippen LogP contribution in [0.4, 0.5) is 0 Å². The van der Waals surface area contributed by atoms with Crippen LogP contribution in [0, 0.1) is 0 Å². The number of methoxy groups -OCH3 is 1. The summed E-state index contributed by atoms with van der Waals surface area (Å²) in [6.45, 7) is 4.03. The van der Waals surface area contributed by atoms with Crippen LogP contribution < -0.4 is 4.74 Å². The minimum atomic E-state index is -1.04. The first-order valence-corrected chi connectivity index (χ1v) is 9.81. The van der Waals surface area contributed by atoms with Crippen LogP contribution in [0.1, 0.15) is 46.0 Å². The zero-order valence-electron chi connectivity index (χ0n) is 15.9. The number of hydrogen-bond donors (Lipinski definition) is 0. The van der Waals surface area contributed by atoms with Crippen LogP contribution in [0.2, 0.25) is 10.0 Å². The zero-order valence-corrected chi connectivity index (χ0v) is 17.4. The molecule has 1 atom stereocenters. The van der Waals surface area contributed by atoms with E-state index in [9.17, 15) is 9.59 Å². The van der Waals surface area contributed by atoms with Crippen LogP contribution in [0.5, 0.6) is 5.75 Å². The highest BCUT2D eigenvalue weighted by Gasteiger charge is 2.45. The molecule has 1 unspecified atom stereocenters. The fourth-order valence-corrected chi connectivity index (χ4v) is 3.45. The lowest BCUT2D eigenvalue weighted by molar-refractivity contribution is -0.159.